The van der Waals surface area contributed by atoms with Gasteiger partial charge in [0.15, 0.2) is 0 Å². The molecule has 106 valence electrons. The number of hydrogen-bond acceptors (Lipinski definition) is 3. The predicted molar refractivity (Wildman–Crippen MR) is 74.1 cm³/mol. The van der Waals surface area contributed by atoms with E-state index in [1.165, 1.54) is 19.3 Å². The van der Waals surface area contributed by atoms with Gasteiger partial charge in [-0.05, 0) is 32.2 Å². The summed E-state index contributed by atoms with van der Waals surface area (Å²) in [5.74, 6) is 0.289. The van der Waals surface area contributed by atoms with Crippen molar-refractivity contribution >= 4 is 10.0 Å². The zero-order valence-electron chi connectivity index (χ0n) is 11.4. The van der Waals surface area contributed by atoms with E-state index in [2.05, 4.69) is 5.32 Å². The minimum Gasteiger partial charge on any atom is -0.313 e. The Morgan fingerprint density at radius 1 is 1.11 bits per heavy atom. The fourth-order valence-electron chi connectivity index (χ4n) is 3.30. The van der Waals surface area contributed by atoms with Crippen LogP contribution in [0.25, 0.3) is 0 Å². The first kappa shape index (κ1) is 14.3. The van der Waals surface area contributed by atoms with E-state index in [0.717, 1.165) is 32.2 Å². The van der Waals surface area contributed by atoms with Crippen LogP contribution >= 0.6 is 0 Å². The van der Waals surface area contributed by atoms with Gasteiger partial charge in [-0.1, -0.05) is 26.2 Å². The second-order valence-electron chi connectivity index (χ2n) is 5.57. The van der Waals surface area contributed by atoms with Crippen molar-refractivity contribution in [1.82, 2.24) is 9.62 Å². The first-order valence-electron chi connectivity index (χ1n) is 7.36. The third kappa shape index (κ3) is 3.45. The van der Waals surface area contributed by atoms with Crippen LogP contribution in [-0.2, 0) is 10.0 Å². The van der Waals surface area contributed by atoms with Crippen LogP contribution in [0.4, 0.5) is 0 Å². The lowest BCUT2D eigenvalue weighted by atomic mass is 9.95. The van der Waals surface area contributed by atoms with Gasteiger partial charge in [0.1, 0.15) is 0 Å². The zero-order chi connectivity index (χ0) is 13.0. The Labute approximate surface area is 111 Å². The van der Waals surface area contributed by atoms with Crippen LogP contribution in [0.15, 0.2) is 0 Å². The lowest BCUT2D eigenvalue weighted by Crippen LogP contribution is -2.45. The SMILES string of the molecule is CCN(C1CCCCC1)S(=O)(=O)CC1CCCN1. The quantitative estimate of drug-likeness (QED) is 0.830. The summed E-state index contributed by atoms with van der Waals surface area (Å²) in [4.78, 5) is 0. The molecule has 1 unspecified atom stereocenters. The van der Waals surface area contributed by atoms with Gasteiger partial charge in [0.05, 0.1) is 5.75 Å². The van der Waals surface area contributed by atoms with Crippen LogP contribution in [-0.4, -0.2) is 43.6 Å². The van der Waals surface area contributed by atoms with Crippen molar-refractivity contribution < 1.29 is 8.42 Å². The highest BCUT2D eigenvalue weighted by molar-refractivity contribution is 7.89. The normalized spacial score (nSPS) is 26.9. The van der Waals surface area contributed by atoms with Crippen molar-refractivity contribution in [2.75, 3.05) is 18.8 Å². The molecule has 1 saturated heterocycles. The van der Waals surface area contributed by atoms with Crippen LogP contribution in [0.2, 0.25) is 0 Å². The van der Waals surface area contributed by atoms with E-state index in [-0.39, 0.29) is 17.8 Å². The molecule has 1 saturated carbocycles. The predicted octanol–water partition coefficient (Wildman–Crippen LogP) is 1.72. The fourth-order valence-corrected chi connectivity index (χ4v) is 5.34. The van der Waals surface area contributed by atoms with Crippen molar-refractivity contribution in [3.05, 3.63) is 0 Å². The summed E-state index contributed by atoms with van der Waals surface area (Å²) in [5.41, 5.74) is 0. The van der Waals surface area contributed by atoms with E-state index in [1.807, 2.05) is 6.92 Å². The van der Waals surface area contributed by atoms with Crippen LogP contribution in [0.1, 0.15) is 51.9 Å². The zero-order valence-corrected chi connectivity index (χ0v) is 12.2. The van der Waals surface area contributed by atoms with E-state index in [4.69, 9.17) is 0 Å². The van der Waals surface area contributed by atoms with Crippen LogP contribution in [0.3, 0.4) is 0 Å². The maximum atomic E-state index is 12.5. The van der Waals surface area contributed by atoms with Gasteiger partial charge in [0.25, 0.3) is 0 Å². The van der Waals surface area contributed by atoms with Crippen LogP contribution in [0, 0.1) is 0 Å². The number of rotatable bonds is 5. The molecule has 0 bridgehead atoms. The summed E-state index contributed by atoms with van der Waals surface area (Å²) in [6, 6.07) is 0.433. The molecule has 0 spiro atoms. The monoisotopic (exact) mass is 274 g/mol. The molecule has 1 N–H and O–H groups in total. The molecule has 2 rings (SSSR count). The highest BCUT2D eigenvalue weighted by Crippen LogP contribution is 2.25. The molecule has 5 heteroatoms. The molecule has 1 aliphatic heterocycles. The molecule has 0 aromatic carbocycles. The Bertz CT molecular complexity index is 344. The highest BCUT2D eigenvalue weighted by Gasteiger charge is 2.32. The Kier molecular flexibility index (Phi) is 5.04. The molecule has 0 aromatic rings. The molecule has 0 radical (unpaired) electrons. The van der Waals surface area contributed by atoms with Gasteiger partial charge in [-0.25, -0.2) is 8.42 Å². The lowest BCUT2D eigenvalue weighted by Gasteiger charge is -2.33. The van der Waals surface area contributed by atoms with Crippen molar-refractivity contribution in [2.24, 2.45) is 0 Å². The van der Waals surface area contributed by atoms with Gasteiger partial charge in [-0.2, -0.15) is 4.31 Å². The molecule has 2 aliphatic rings. The van der Waals surface area contributed by atoms with Gasteiger partial charge in [0, 0.05) is 18.6 Å². The third-order valence-corrected chi connectivity index (χ3v) is 6.32. The minimum absolute atomic E-state index is 0.174. The third-order valence-electron chi connectivity index (χ3n) is 4.23. The summed E-state index contributed by atoms with van der Waals surface area (Å²) in [6.45, 7) is 3.56. The molecular weight excluding hydrogens is 248 g/mol. The Morgan fingerprint density at radius 2 is 1.83 bits per heavy atom. The van der Waals surface area contributed by atoms with E-state index in [0.29, 0.717) is 6.54 Å². The molecular formula is C13H26N2O2S. The average Bonchev–Trinajstić information content (AvgIpc) is 2.83. The molecule has 2 fully saturated rings. The Balaban J connectivity index is 1.99. The van der Waals surface area contributed by atoms with Gasteiger partial charge in [-0.15, -0.1) is 0 Å². The Morgan fingerprint density at radius 3 is 2.39 bits per heavy atom. The molecule has 0 amide bonds. The summed E-state index contributed by atoms with van der Waals surface area (Å²) >= 11 is 0. The second kappa shape index (κ2) is 6.35. The van der Waals surface area contributed by atoms with Crippen LogP contribution < -0.4 is 5.32 Å². The van der Waals surface area contributed by atoms with E-state index < -0.39 is 10.0 Å². The van der Waals surface area contributed by atoms with E-state index >= 15 is 0 Å². The molecule has 1 heterocycles. The van der Waals surface area contributed by atoms with Crippen molar-refractivity contribution in [1.29, 1.82) is 0 Å². The van der Waals surface area contributed by atoms with Gasteiger partial charge in [0.2, 0.25) is 10.0 Å². The van der Waals surface area contributed by atoms with Gasteiger partial charge >= 0.3 is 0 Å². The standard InChI is InChI=1S/C13H26N2O2S/c1-2-15(13-8-4-3-5-9-13)18(16,17)11-12-7-6-10-14-12/h12-14H,2-11H2,1H3. The lowest BCUT2D eigenvalue weighted by molar-refractivity contribution is 0.260. The van der Waals surface area contributed by atoms with Crippen molar-refractivity contribution in [3.63, 3.8) is 0 Å². The van der Waals surface area contributed by atoms with Crippen molar-refractivity contribution in [3.8, 4) is 0 Å². The molecule has 1 atom stereocenters. The van der Waals surface area contributed by atoms with Gasteiger partial charge in [-0.3, -0.25) is 0 Å². The highest BCUT2D eigenvalue weighted by atomic mass is 32.2. The first-order valence-corrected chi connectivity index (χ1v) is 8.97. The first-order chi connectivity index (χ1) is 8.63. The molecule has 0 aromatic heterocycles. The largest absolute Gasteiger partial charge is 0.313 e. The summed E-state index contributed by atoms with van der Waals surface area (Å²) in [7, 11) is -3.08. The molecule has 18 heavy (non-hydrogen) atoms. The molecule has 1 aliphatic carbocycles. The summed E-state index contributed by atoms with van der Waals surface area (Å²) < 4.78 is 26.8. The Hall–Kier alpha value is -0.130. The number of sulfonamides is 1. The van der Waals surface area contributed by atoms with Gasteiger partial charge < -0.3 is 5.32 Å². The topological polar surface area (TPSA) is 49.4 Å². The average molecular weight is 274 g/mol. The number of nitrogens with zero attached hydrogens (tertiary/aromatic N) is 1. The minimum atomic E-state index is -3.08. The number of hydrogen-bond donors (Lipinski definition) is 1. The smallest absolute Gasteiger partial charge is 0.215 e. The van der Waals surface area contributed by atoms with Crippen molar-refractivity contribution in [2.45, 2.75) is 64.0 Å². The van der Waals surface area contributed by atoms with E-state index in [1.54, 1.807) is 4.31 Å². The maximum Gasteiger partial charge on any atom is 0.215 e. The summed E-state index contributed by atoms with van der Waals surface area (Å²) in [5, 5.41) is 3.29. The fraction of sp³-hybridized carbons (Fsp3) is 1.00. The molecule has 4 nitrogen and oxygen atoms in total. The second-order valence-corrected chi connectivity index (χ2v) is 7.53. The van der Waals surface area contributed by atoms with Crippen LogP contribution in [0.5, 0.6) is 0 Å². The van der Waals surface area contributed by atoms with E-state index in [9.17, 15) is 8.42 Å². The number of nitrogens with one attached hydrogen (secondary N) is 1. The summed E-state index contributed by atoms with van der Waals surface area (Å²) in [6.07, 6.45) is 7.82. The maximum absolute atomic E-state index is 12.5.